The number of rotatable bonds is 13. The van der Waals surface area contributed by atoms with E-state index in [1.165, 1.54) is 24.8 Å². The van der Waals surface area contributed by atoms with Gasteiger partial charge in [0.05, 0.1) is 0 Å². The van der Waals surface area contributed by atoms with E-state index in [4.69, 9.17) is 9.47 Å². The molecule has 2 rings (SSSR count). The molecule has 0 aromatic heterocycles. The van der Waals surface area contributed by atoms with E-state index >= 15 is 0 Å². The Hall–Kier alpha value is -1.06. The maximum atomic E-state index is 5.86. The van der Waals surface area contributed by atoms with Gasteiger partial charge in [0.2, 0.25) is 0 Å². The zero-order chi connectivity index (χ0) is 21.0. The number of likely N-dealkylation sites (N-methyl/N-ethyl adjacent to an activating group) is 1. The van der Waals surface area contributed by atoms with Crippen molar-refractivity contribution in [3.8, 4) is 5.75 Å². The second kappa shape index (κ2) is 14.9. The predicted octanol–water partition coefficient (Wildman–Crippen LogP) is 3.90. The van der Waals surface area contributed by atoms with E-state index < -0.39 is 0 Å². The summed E-state index contributed by atoms with van der Waals surface area (Å²) in [6, 6.07) is 8.31. The lowest BCUT2D eigenvalue weighted by atomic mass is 9.67. The molecule has 0 atom stereocenters. The van der Waals surface area contributed by atoms with Gasteiger partial charge in [-0.2, -0.15) is 0 Å². The summed E-state index contributed by atoms with van der Waals surface area (Å²) in [5.74, 6) is 1.78. The summed E-state index contributed by atoms with van der Waals surface area (Å²) in [5, 5.41) is 6.92. The van der Waals surface area contributed by atoms with Crippen molar-refractivity contribution < 1.29 is 9.47 Å². The molecular weight excluding hydrogens is 491 g/mol. The van der Waals surface area contributed by atoms with Crippen LogP contribution < -0.4 is 15.4 Å². The number of guanidine groups is 1. The summed E-state index contributed by atoms with van der Waals surface area (Å²) in [5.41, 5.74) is 1.58. The monoisotopic (exact) mass is 532 g/mol. The fourth-order valence-corrected chi connectivity index (χ4v) is 3.72. The van der Waals surface area contributed by atoms with Crippen molar-refractivity contribution in [3.05, 3.63) is 29.8 Å². The Morgan fingerprint density at radius 1 is 1.10 bits per heavy atom. The Balaban J connectivity index is 0.00000450. The lowest BCUT2D eigenvalue weighted by molar-refractivity contribution is 0.0732. The maximum absolute atomic E-state index is 5.86. The normalized spacial score (nSPS) is 15.3. The summed E-state index contributed by atoms with van der Waals surface area (Å²) in [4.78, 5) is 6.73. The molecule has 1 saturated carbocycles. The zero-order valence-electron chi connectivity index (χ0n) is 19.2. The van der Waals surface area contributed by atoms with E-state index in [9.17, 15) is 0 Å². The molecular formula is C23H41IN4O2. The third-order valence-electron chi connectivity index (χ3n) is 6.06. The smallest absolute Gasteiger partial charge is 0.191 e. The van der Waals surface area contributed by atoms with Crippen molar-refractivity contribution in [2.75, 3.05) is 53.6 Å². The highest BCUT2D eigenvalue weighted by molar-refractivity contribution is 14.0. The molecule has 0 aliphatic heterocycles. The molecule has 0 spiro atoms. The van der Waals surface area contributed by atoms with Gasteiger partial charge in [-0.1, -0.05) is 32.4 Å². The molecule has 0 amide bonds. The first kappa shape index (κ1) is 27.0. The molecule has 0 saturated heterocycles. The first-order chi connectivity index (χ1) is 14.1. The van der Waals surface area contributed by atoms with Gasteiger partial charge in [-0.25, -0.2) is 0 Å². The Morgan fingerprint density at radius 2 is 1.80 bits per heavy atom. The fourth-order valence-electron chi connectivity index (χ4n) is 3.72. The van der Waals surface area contributed by atoms with E-state index in [-0.39, 0.29) is 24.0 Å². The van der Waals surface area contributed by atoms with Crippen LogP contribution >= 0.6 is 24.0 Å². The fraction of sp³-hybridized carbons (Fsp3) is 0.696. The second-order valence-corrected chi connectivity index (χ2v) is 7.89. The van der Waals surface area contributed by atoms with Gasteiger partial charge in [-0.05, 0) is 55.5 Å². The van der Waals surface area contributed by atoms with Crippen LogP contribution in [0.2, 0.25) is 0 Å². The Kier molecular flexibility index (Phi) is 13.4. The molecule has 1 aliphatic rings. The van der Waals surface area contributed by atoms with Crippen molar-refractivity contribution in [2.24, 2.45) is 10.4 Å². The number of nitrogens with one attached hydrogen (secondary N) is 2. The average molecular weight is 533 g/mol. The van der Waals surface area contributed by atoms with E-state index in [0.29, 0.717) is 5.41 Å². The molecule has 1 aromatic carbocycles. The lowest BCUT2D eigenvalue weighted by Gasteiger charge is -2.42. The minimum Gasteiger partial charge on any atom is -0.492 e. The highest BCUT2D eigenvalue weighted by Gasteiger charge is 2.36. The molecule has 30 heavy (non-hydrogen) atoms. The third kappa shape index (κ3) is 8.98. The van der Waals surface area contributed by atoms with Crippen molar-refractivity contribution >= 4 is 29.9 Å². The van der Waals surface area contributed by atoms with E-state index in [1.54, 1.807) is 7.11 Å². The molecule has 0 heterocycles. The molecule has 1 aromatic rings. The highest BCUT2D eigenvalue weighted by atomic mass is 127. The van der Waals surface area contributed by atoms with Crippen molar-refractivity contribution in [2.45, 2.75) is 46.1 Å². The number of benzene rings is 1. The molecule has 1 aliphatic carbocycles. The van der Waals surface area contributed by atoms with Crippen LogP contribution in [0, 0.1) is 5.41 Å². The standard InChI is InChI=1S/C23H40N4O2.HI/c1-5-27(6-2)15-17-29-21-10-8-20(9-11-21)18-25-22(24-3)26-19-23(12-7-13-23)14-16-28-4;/h8-11H,5-7,12-19H2,1-4H3,(H2,24,25,26);1H. The van der Waals surface area contributed by atoms with Gasteiger partial charge in [-0.3, -0.25) is 4.99 Å². The first-order valence-electron chi connectivity index (χ1n) is 11.0. The van der Waals surface area contributed by atoms with Crippen molar-refractivity contribution in [3.63, 3.8) is 0 Å². The molecule has 6 nitrogen and oxygen atoms in total. The molecule has 0 bridgehead atoms. The minimum absolute atomic E-state index is 0. The number of ether oxygens (including phenoxy) is 2. The summed E-state index contributed by atoms with van der Waals surface area (Å²) in [7, 11) is 3.60. The Bertz CT molecular complexity index is 602. The van der Waals surface area contributed by atoms with E-state index in [0.717, 1.165) is 64.1 Å². The number of nitrogens with zero attached hydrogens (tertiary/aromatic N) is 2. The highest BCUT2D eigenvalue weighted by Crippen LogP contribution is 2.43. The van der Waals surface area contributed by atoms with E-state index in [2.05, 4.69) is 46.5 Å². The van der Waals surface area contributed by atoms with Gasteiger partial charge in [-0.15, -0.1) is 24.0 Å². The van der Waals surface area contributed by atoms with Gasteiger partial charge in [0, 0.05) is 40.4 Å². The topological polar surface area (TPSA) is 58.1 Å². The SMILES string of the molecule is CCN(CC)CCOc1ccc(CNC(=NC)NCC2(CCOC)CCC2)cc1.I. The molecule has 0 unspecified atom stereocenters. The van der Waals surface area contributed by atoms with Gasteiger partial charge < -0.3 is 25.0 Å². The Morgan fingerprint density at radius 3 is 2.33 bits per heavy atom. The number of halogens is 1. The Labute approximate surface area is 200 Å². The second-order valence-electron chi connectivity index (χ2n) is 7.89. The molecule has 2 N–H and O–H groups in total. The lowest BCUT2D eigenvalue weighted by Crippen LogP contribution is -2.46. The number of methoxy groups -OCH3 is 1. The van der Waals surface area contributed by atoms with Gasteiger partial charge >= 0.3 is 0 Å². The zero-order valence-corrected chi connectivity index (χ0v) is 21.5. The van der Waals surface area contributed by atoms with Gasteiger partial charge in [0.25, 0.3) is 0 Å². The van der Waals surface area contributed by atoms with Crippen LogP contribution in [0.15, 0.2) is 29.3 Å². The minimum atomic E-state index is 0. The van der Waals surface area contributed by atoms with Crippen LogP contribution in [-0.4, -0.2) is 64.4 Å². The summed E-state index contributed by atoms with van der Waals surface area (Å²) >= 11 is 0. The maximum Gasteiger partial charge on any atom is 0.191 e. The molecule has 7 heteroatoms. The number of hydrogen-bond donors (Lipinski definition) is 2. The molecule has 1 fully saturated rings. The van der Waals surface area contributed by atoms with Crippen LogP contribution in [0.25, 0.3) is 0 Å². The van der Waals surface area contributed by atoms with Crippen LogP contribution in [0.5, 0.6) is 5.75 Å². The van der Waals surface area contributed by atoms with Gasteiger partial charge in [0.1, 0.15) is 12.4 Å². The van der Waals surface area contributed by atoms with E-state index in [1.807, 2.05) is 19.2 Å². The average Bonchev–Trinajstić information content (AvgIpc) is 2.73. The number of aliphatic imine (C=N–C) groups is 1. The number of hydrogen-bond acceptors (Lipinski definition) is 4. The van der Waals surface area contributed by atoms with Crippen molar-refractivity contribution in [1.82, 2.24) is 15.5 Å². The summed E-state index contributed by atoms with van der Waals surface area (Å²) in [6.07, 6.45) is 4.98. The van der Waals surface area contributed by atoms with Gasteiger partial charge in [0.15, 0.2) is 5.96 Å². The van der Waals surface area contributed by atoms with Crippen LogP contribution in [0.1, 0.15) is 45.1 Å². The largest absolute Gasteiger partial charge is 0.492 e. The van der Waals surface area contributed by atoms with Crippen LogP contribution in [-0.2, 0) is 11.3 Å². The quantitative estimate of drug-likeness (QED) is 0.229. The van der Waals surface area contributed by atoms with Crippen molar-refractivity contribution in [1.29, 1.82) is 0 Å². The third-order valence-corrected chi connectivity index (χ3v) is 6.06. The van der Waals surface area contributed by atoms with Crippen LogP contribution in [0.3, 0.4) is 0 Å². The predicted molar refractivity (Wildman–Crippen MR) is 136 cm³/mol. The van der Waals surface area contributed by atoms with Crippen LogP contribution in [0.4, 0.5) is 0 Å². The molecule has 0 radical (unpaired) electrons. The summed E-state index contributed by atoms with van der Waals surface area (Å²) in [6.45, 7) is 10.7. The first-order valence-corrected chi connectivity index (χ1v) is 11.0. The molecule has 172 valence electrons. The summed E-state index contributed by atoms with van der Waals surface area (Å²) < 4.78 is 11.1.